The highest BCUT2D eigenvalue weighted by Gasteiger charge is 2.44. The molecular formula is C13H13FO4. The highest BCUT2D eigenvalue weighted by atomic mass is 19.1. The van der Waals surface area contributed by atoms with Crippen molar-refractivity contribution in [2.45, 2.75) is 25.9 Å². The van der Waals surface area contributed by atoms with Crippen LogP contribution in [-0.2, 0) is 20.7 Å². The van der Waals surface area contributed by atoms with Gasteiger partial charge in [0.2, 0.25) is 5.60 Å². The summed E-state index contributed by atoms with van der Waals surface area (Å²) in [6, 6.07) is 2.46. The maximum atomic E-state index is 13.2. The zero-order chi connectivity index (χ0) is 13.5. The number of fused-ring (bicyclic) bond motifs is 1. The number of ether oxygens (including phenoxy) is 2. The van der Waals surface area contributed by atoms with Crippen molar-refractivity contribution in [3.63, 3.8) is 0 Å². The number of carbonyl (C=O) groups is 2. The summed E-state index contributed by atoms with van der Waals surface area (Å²) in [5.74, 6) is -1.82. The first-order valence-electron chi connectivity index (χ1n) is 5.48. The highest BCUT2D eigenvalue weighted by molar-refractivity contribution is 5.96. The van der Waals surface area contributed by atoms with E-state index in [1.54, 1.807) is 6.92 Å². The van der Waals surface area contributed by atoms with Gasteiger partial charge in [0.05, 0.1) is 12.7 Å². The molecule has 0 saturated heterocycles. The number of methoxy groups -OCH3 is 1. The van der Waals surface area contributed by atoms with Crippen LogP contribution >= 0.6 is 0 Å². The van der Waals surface area contributed by atoms with E-state index in [1.807, 2.05) is 0 Å². The molecule has 96 valence electrons. The average Bonchev–Trinajstić information content (AvgIpc) is 2.30. The van der Waals surface area contributed by atoms with Gasteiger partial charge < -0.3 is 9.47 Å². The number of carbonyl (C=O) groups excluding carboxylic acids is 2. The number of rotatable bonds is 1. The molecule has 18 heavy (non-hydrogen) atoms. The zero-order valence-electron chi connectivity index (χ0n) is 10.4. The summed E-state index contributed by atoms with van der Waals surface area (Å²) in [5, 5.41) is 0. The number of benzene rings is 1. The Morgan fingerprint density at radius 1 is 1.50 bits per heavy atom. The van der Waals surface area contributed by atoms with Gasteiger partial charge in [-0.1, -0.05) is 0 Å². The number of hydrogen-bond donors (Lipinski definition) is 0. The SMILES string of the molecule is COC(=O)C1(C)Cc2c(C)cc(F)cc2C(=O)O1. The molecule has 1 heterocycles. The van der Waals surface area contributed by atoms with E-state index in [9.17, 15) is 14.0 Å². The largest absolute Gasteiger partial charge is 0.466 e. The second kappa shape index (κ2) is 4.08. The molecule has 0 fully saturated rings. The quantitative estimate of drug-likeness (QED) is 0.715. The number of halogens is 1. The van der Waals surface area contributed by atoms with Gasteiger partial charge in [0.1, 0.15) is 5.82 Å². The molecule has 0 aliphatic carbocycles. The molecule has 2 rings (SSSR count). The lowest BCUT2D eigenvalue weighted by Gasteiger charge is -2.32. The molecule has 1 aromatic carbocycles. The van der Waals surface area contributed by atoms with Crippen molar-refractivity contribution < 1.29 is 23.5 Å². The van der Waals surface area contributed by atoms with Crippen LogP contribution in [0.25, 0.3) is 0 Å². The van der Waals surface area contributed by atoms with Gasteiger partial charge in [0.15, 0.2) is 0 Å². The molecule has 0 spiro atoms. The summed E-state index contributed by atoms with van der Waals surface area (Å²) in [6.07, 6.45) is 0.187. The van der Waals surface area contributed by atoms with Gasteiger partial charge >= 0.3 is 11.9 Å². The van der Waals surface area contributed by atoms with Gasteiger partial charge in [-0.05, 0) is 37.1 Å². The summed E-state index contributed by atoms with van der Waals surface area (Å²) in [6.45, 7) is 3.18. The normalized spacial score (nSPS) is 22.1. The van der Waals surface area contributed by atoms with Crippen LogP contribution in [0.3, 0.4) is 0 Å². The molecule has 1 aliphatic heterocycles. The van der Waals surface area contributed by atoms with E-state index in [4.69, 9.17) is 4.74 Å². The van der Waals surface area contributed by atoms with Crippen molar-refractivity contribution in [2.24, 2.45) is 0 Å². The van der Waals surface area contributed by atoms with E-state index in [1.165, 1.54) is 20.1 Å². The molecule has 4 nitrogen and oxygen atoms in total. The first-order valence-corrected chi connectivity index (χ1v) is 5.48. The molecule has 1 aliphatic rings. The molecule has 0 saturated carbocycles. The lowest BCUT2D eigenvalue weighted by Crippen LogP contribution is -2.46. The fourth-order valence-electron chi connectivity index (χ4n) is 2.15. The first-order chi connectivity index (χ1) is 8.37. The van der Waals surface area contributed by atoms with Gasteiger partial charge in [-0.3, -0.25) is 0 Å². The molecule has 1 atom stereocenters. The van der Waals surface area contributed by atoms with Gasteiger partial charge in [-0.2, -0.15) is 0 Å². The number of hydrogen-bond acceptors (Lipinski definition) is 4. The Labute approximate surface area is 104 Å². The lowest BCUT2D eigenvalue weighted by molar-refractivity contribution is -0.161. The molecule has 1 unspecified atom stereocenters. The smallest absolute Gasteiger partial charge is 0.350 e. The summed E-state index contributed by atoms with van der Waals surface area (Å²) < 4.78 is 23.0. The maximum Gasteiger partial charge on any atom is 0.350 e. The van der Waals surface area contributed by atoms with Gasteiger partial charge in [0.25, 0.3) is 0 Å². The molecule has 0 aromatic heterocycles. The van der Waals surface area contributed by atoms with Crippen LogP contribution in [0.2, 0.25) is 0 Å². The predicted molar refractivity (Wildman–Crippen MR) is 60.7 cm³/mol. The number of cyclic esters (lactones) is 1. The molecule has 0 amide bonds. The van der Waals surface area contributed by atoms with Crippen molar-refractivity contribution in [3.8, 4) is 0 Å². The second-order valence-corrected chi connectivity index (χ2v) is 4.54. The average molecular weight is 252 g/mol. The van der Waals surface area contributed by atoms with Crippen LogP contribution in [0.5, 0.6) is 0 Å². The Kier molecular flexibility index (Phi) is 2.84. The molecule has 0 radical (unpaired) electrons. The third kappa shape index (κ3) is 1.85. The van der Waals surface area contributed by atoms with Crippen LogP contribution in [0, 0.1) is 12.7 Å². The maximum absolute atomic E-state index is 13.2. The standard InChI is InChI=1S/C13H13FO4/c1-7-4-8(14)5-9-10(7)6-13(2,12(16)17-3)18-11(9)15/h4-5H,6H2,1-3H3. The Morgan fingerprint density at radius 2 is 2.17 bits per heavy atom. The third-order valence-electron chi connectivity index (χ3n) is 3.11. The van der Waals surface area contributed by atoms with Crippen LogP contribution in [-0.4, -0.2) is 24.6 Å². The fraction of sp³-hybridized carbons (Fsp3) is 0.385. The topological polar surface area (TPSA) is 52.6 Å². The second-order valence-electron chi connectivity index (χ2n) is 4.54. The molecule has 1 aromatic rings. The Morgan fingerprint density at radius 3 is 2.78 bits per heavy atom. The highest BCUT2D eigenvalue weighted by Crippen LogP contribution is 2.31. The third-order valence-corrected chi connectivity index (χ3v) is 3.11. The van der Waals surface area contributed by atoms with Crippen molar-refractivity contribution in [2.75, 3.05) is 7.11 Å². The van der Waals surface area contributed by atoms with E-state index in [0.29, 0.717) is 11.1 Å². The summed E-state index contributed by atoms with van der Waals surface area (Å²) >= 11 is 0. The van der Waals surface area contributed by atoms with E-state index >= 15 is 0 Å². The minimum Gasteiger partial charge on any atom is -0.466 e. The van der Waals surface area contributed by atoms with Gasteiger partial charge in [-0.25, -0.2) is 14.0 Å². The molecule has 0 bridgehead atoms. The Balaban J connectivity index is 2.52. The Hall–Kier alpha value is -1.91. The van der Waals surface area contributed by atoms with Crippen LogP contribution in [0.4, 0.5) is 4.39 Å². The molecular weight excluding hydrogens is 239 g/mol. The van der Waals surface area contributed by atoms with Crippen LogP contribution in [0.1, 0.15) is 28.4 Å². The predicted octanol–water partition coefficient (Wildman–Crippen LogP) is 1.78. The summed E-state index contributed by atoms with van der Waals surface area (Å²) in [7, 11) is 1.23. The van der Waals surface area contributed by atoms with Crippen LogP contribution < -0.4 is 0 Å². The summed E-state index contributed by atoms with van der Waals surface area (Å²) in [4.78, 5) is 23.5. The minimum absolute atomic E-state index is 0.175. The zero-order valence-corrected chi connectivity index (χ0v) is 10.4. The van der Waals surface area contributed by atoms with E-state index in [0.717, 1.165) is 6.07 Å². The molecule has 5 heteroatoms. The van der Waals surface area contributed by atoms with Crippen molar-refractivity contribution in [3.05, 3.63) is 34.6 Å². The summed E-state index contributed by atoms with van der Waals surface area (Å²) in [5.41, 5.74) is 0.0766. The first kappa shape index (κ1) is 12.5. The minimum atomic E-state index is -1.35. The Bertz CT molecular complexity index is 538. The van der Waals surface area contributed by atoms with E-state index < -0.39 is 23.4 Å². The van der Waals surface area contributed by atoms with Crippen molar-refractivity contribution in [1.29, 1.82) is 0 Å². The van der Waals surface area contributed by atoms with Crippen LogP contribution in [0.15, 0.2) is 12.1 Å². The number of aryl methyl sites for hydroxylation is 1. The monoisotopic (exact) mass is 252 g/mol. The lowest BCUT2D eigenvalue weighted by atomic mass is 9.87. The van der Waals surface area contributed by atoms with Gasteiger partial charge in [0, 0.05) is 6.42 Å². The number of esters is 2. The fourth-order valence-corrected chi connectivity index (χ4v) is 2.15. The van der Waals surface area contributed by atoms with Crippen molar-refractivity contribution >= 4 is 11.9 Å². The van der Waals surface area contributed by atoms with Gasteiger partial charge in [-0.15, -0.1) is 0 Å². The van der Waals surface area contributed by atoms with E-state index in [2.05, 4.69) is 4.74 Å². The van der Waals surface area contributed by atoms with E-state index in [-0.39, 0.29) is 12.0 Å². The molecule has 0 N–H and O–H groups in total. The van der Waals surface area contributed by atoms with Crippen molar-refractivity contribution in [1.82, 2.24) is 0 Å².